The molecule has 1 saturated carbocycles. The van der Waals surface area contributed by atoms with Crippen molar-refractivity contribution in [2.24, 2.45) is 0 Å². The Balaban J connectivity index is 1.75. The highest BCUT2D eigenvalue weighted by Crippen LogP contribution is 2.17. The first-order chi connectivity index (χ1) is 8.24. The van der Waals surface area contributed by atoms with Crippen LogP contribution in [0.3, 0.4) is 0 Å². The summed E-state index contributed by atoms with van der Waals surface area (Å²) in [4.78, 5) is 11.6. The third kappa shape index (κ3) is 3.93. The Morgan fingerprint density at radius 3 is 2.82 bits per heavy atom. The van der Waals surface area contributed by atoms with Crippen molar-refractivity contribution in [2.75, 3.05) is 0 Å². The lowest BCUT2D eigenvalue weighted by Gasteiger charge is -2.13. The van der Waals surface area contributed by atoms with Gasteiger partial charge < -0.3 is 10.6 Å². The number of hydrogen-bond donors (Lipinski definition) is 2. The van der Waals surface area contributed by atoms with Crippen LogP contribution < -0.4 is 10.6 Å². The summed E-state index contributed by atoms with van der Waals surface area (Å²) in [5.74, 6) is 0. The van der Waals surface area contributed by atoms with Crippen molar-refractivity contribution < 1.29 is 4.79 Å². The minimum absolute atomic E-state index is 0.0862. The van der Waals surface area contributed by atoms with Gasteiger partial charge in [0.2, 0.25) is 0 Å². The smallest absolute Gasteiger partial charge is 0.315 e. The van der Waals surface area contributed by atoms with Crippen LogP contribution in [0.1, 0.15) is 31.2 Å². The molecule has 0 radical (unpaired) electrons. The van der Waals surface area contributed by atoms with Crippen molar-refractivity contribution in [1.82, 2.24) is 10.6 Å². The van der Waals surface area contributed by atoms with E-state index < -0.39 is 0 Å². The van der Waals surface area contributed by atoms with Gasteiger partial charge in [-0.2, -0.15) is 0 Å². The van der Waals surface area contributed by atoms with Gasteiger partial charge in [-0.1, -0.05) is 36.6 Å². The fourth-order valence-corrected chi connectivity index (χ4v) is 2.35. The second kappa shape index (κ2) is 5.92. The van der Waals surface area contributed by atoms with Gasteiger partial charge >= 0.3 is 6.03 Å². The summed E-state index contributed by atoms with van der Waals surface area (Å²) in [5, 5.41) is 6.52. The van der Waals surface area contributed by atoms with Gasteiger partial charge in [0, 0.05) is 17.6 Å². The summed E-state index contributed by atoms with van der Waals surface area (Å²) in [6.45, 7) is 0.513. The van der Waals surface area contributed by atoms with E-state index >= 15 is 0 Å². The van der Waals surface area contributed by atoms with Gasteiger partial charge in [0.15, 0.2) is 0 Å². The first-order valence-electron chi connectivity index (χ1n) is 6.03. The van der Waals surface area contributed by atoms with Gasteiger partial charge in [-0.3, -0.25) is 0 Å². The van der Waals surface area contributed by atoms with E-state index in [1.54, 1.807) is 0 Å². The highest BCUT2D eigenvalue weighted by molar-refractivity contribution is 6.30. The molecule has 2 N–H and O–H groups in total. The van der Waals surface area contributed by atoms with Gasteiger partial charge in [0.25, 0.3) is 0 Å². The van der Waals surface area contributed by atoms with Gasteiger partial charge in [-0.15, -0.1) is 0 Å². The van der Waals surface area contributed by atoms with Crippen molar-refractivity contribution in [2.45, 2.75) is 38.3 Å². The number of rotatable bonds is 3. The first kappa shape index (κ1) is 12.2. The van der Waals surface area contributed by atoms with Gasteiger partial charge in [-0.05, 0) is 30.5 Å². The summed E-state index contributed by atoms with van der Waals surface area (Å²) in [6, 6.07) is 7.78. The monoisotopic (exact) mass is 252 g/mol. The quantitative estimate of drug-likeness (QED) is 0.853. The summed E-state index contributed by atoms with van der Waals surface area (Å²) in [7, 11) is 0. The SMILES string of the molecule is O=C(NCc1cccc(Cl)c1)NC1CCCC1. The average molecular weight is 253 g/mol. The highest BCUT2D eigenvalue weighted by Gasteiger charge is 2.16. The molecular weight excluding hydrogens is 236 g/mol. The fourth-order valence-electron chi connectivity index (χ4n) is 2.14. The summed E-state index contributed by atoms with van der Waals surface area (Å²) in [5.41, 5.74) is 1.01. The molecule has 0 bridgehead atoms. The van der Waals surface area contributed by atoms with Crippen molar-refractivity contribution in [3.05, 3.63) is 34.9 Å². The number of nitrogens with one attached hydrogen (secondary N) is 2. The Morgan fingerprint density at radius 2 is 2.12 bits per heavy atom. The Labute approximate surface area is 107 Å². The lowest BCUT2D eigenvalue weighted by molar-refractivity contribution is 0.236. The number of halogens is 1. The maximum atomic E-state index is 11.6. The molecule has 0 saturated heterocycles. The first-order valence-corrected chi connectivity index (χ1v) is 6.40. The lowest BCUT2D eigenvalue weighted by atomic mass is 10.2. The molecule has 0 aromatic heterocycles. The Hall–Kier alpha value is -1.22. The molecule has 2 rings (SSSR count). The fraction of sp³-hybridized carbons (Fsp3) is 0.462. The van der Waals surface area contributed by atoms with Crippen LogP contribution in [-0.2, 0) is 6.54 Å². The van der Waals surface area contributed by atoms with Crippen LogP contribution in [-0.4, -0.2) is 12.1 Å². The molecule has 0 heterocycles. The molecule has 2 amide bonds. The zero-order chi connectivity index (χ0) is 12.1. The van der Waals surface area contributed by atoms with Crippen molar-refractivity contribution >= 4 is 17.6 Å². The predicted molar refractivity (Wildman–Crippen MR) is 69.1 cm³/mol. The van der Waals surface area contributed by atoms with E-state index in [9.17, 15) is 4.79 Å². The molecule has 1 fully saturated rings. The van der Waals surface area contributed by atoms with Gasteiger partial charge in [0.05, 0.1) is 0 Å². The number of carbonyl (C=O) groups is 1. The molecular formula is C13H17ClN2O. The maximum absolute atomic E-state index is 11.6. The number of carbonyl (C=O) groups excluding carboxylic acids is 1. The van der Waals surface area contributed by atoms with Gasteiger partial charge in [0.1, 0.15) is 0 Å². The van der Waals surface area contributed by atoms with Crippen LogP contribution in [0.15, 0.2) is 24.3 Å². The van der Waals surface area contributed by atoms with Crippen LogP contribution in [0.5, 0.6) is 0 Å². The molecule has 1 aromatic carbocycles. The lowest BCUT2D eigenvalue weighted by Crippen LogP contribution is -2.40. The second-order valence-corrected chi connectivity index (χ2v) is 4.87. The van der Waals surface area contributed by atoms with E-state index in [-0.39, 0.29) is 6.03 Å². The second-order valence-electron chi connectivity index (χ2n) is 4.44. The van der Waals surface area contributed by atoms with E-state index in [0.29, 0.717) is 17.6 Å². The average Bonchev–Trinajstić information content (AvgIpc) is 2.79. The van der Waals surface area contributed by atoms with Crippen LogP contribution in [0.2, 0.25) is 5.02 Å². The van der Waals surface area contributed by atoms with E-state index in [1.807, 2.05) is 24.3 Å². The normalized spacial score (nSPS) is 15.8. The highest BCUT2D eigenvalue weighted by atomic mass is 35.5. The molecule has 0 aliphatic heterocycles. The van der Waals surface area contributed by atoms with Crippen LogP contribution >= 0.6 is 11.6 Å². The largest absolute Gasteiger partial charge is 0.335 e. The molecule has 0 spiro atoms. The van der Waals surface area contributed by atoms with E-state index in [0.717, 1.165) is 18.4 Å². The molecule has 1 aliphatic rings. The van der Waals surface area contributed by atoms with Crippen molar-refractivity contribution in [3.63, 3.8) is 0 Å². The number of hydrogen-bond acceptors (Lipinski definition) is 1. The van der Waals surface area contributed by atoms with E-state index in [1.165, 1.54) is 12.8 Å². The third-order valence-corrected chi connectivity index (χ3v) is 3.27. The number of urea groups is 1. The number of benzene rings is 1. The van der Waals surface area contributed by atoms with Crippen molar-refractivity contribution in [1.29, 1.82) is 0 Å². The summed E-state index contributed by atoms with van der Waals surface area (Å²) in [6.07, 6.45) is 4.65. The van der Waals surface area contributed by atoms with Crippen molar-refractivity contribution in [3.8, 4) is 0 Å². The molecule has 92 valence electrons. The Morgan fingerprint density at radius 1 is 1.35 bits per heavy atom. The maximum Gasteiger partial charge on any atom is 0.315 e. The molecule has 1 aliphatic carbocycles. The molecule has 0 atom stereocenters. The molecule has 17 heavy (non-hydrogen) atoms. The van der Waals surface area contributed by atoms with Crippen LogP contribution in [0.4, 0.5) is 4.79 Å². The predicted octanol–water partition coefficient (Wildman–Crippen LogP) is 3.08. The summed E-state index contributed by atoms with van der Waals surface area (Å²) < 4.78 is 0. The van der Waals surface area contributed by atoms with E-state index in [2.05, 4.69) is 10.6 Å². The van der Waals surface area contributed by atoms with Crippen LogP contribution in [0, 0.1) is 0 Å². The number of amides is 2. The van der Waals surface area contributed by atoms with E-state index in [4.69, 9.17) is 11.6 Å². The molecule has 1 aromatic rings. The van der Waals surface area contributed by atoms with Gasteiger partial charge in [-0.25, -0.2) is 4.79 Å². The molecule has 3 nitrogen and oxygen atoms in total. The standard InChI is InChI=1S/C13H17ClN2O/c14-11-5-3-4-10(8-11)9-15-13(17)16-12-6-1-2-7-12/h3-5,8,12H,1-2,6-7,9H2,(H2,15,16,17). The Bertz CT molecular complexity index is 389. The minimum Gasteiger partial charge on any atom is -0.335 e. The summed E-state index contributed by atoms with van der Waals surface area (Å²) >= 11 is 5.87. The zero-order valence-corrected chi connectivity index (χ0v) is 10.5. The Kier molecular flexibility index (Phi) is 4.26. The van der Waals surface area contributed by atoms with Crippen LogP contribution in [0.25, 0.3) is 0 Å². The zero-order valence-electron chi connectivity index (χ0n) is 9.71. The third-order valence-electron chi connectivity index (χ3n) is 3.03. The molecule has 0 unspecified atom stereocenters. The minimum atomic E-state index is -0.0862. The molecule has 4 heteroatoms. The topological polar surface area (TPSA) is 41.1 Å².